The molecule has 0 atom stereocenters. The Labute approximate surface area is 86.6 Å². The van der Waals surface area contributed by atoms with Crippen LogP contribution in [0, 0.1) is 0 Å². The summed E-state index contributed by atoms with van der Waals surface area (Å²) < 4.78 is 4.50. The van der Waals surface area contributed by atoms with Gasteiger partial charge in [0.25, 0.3) is 5.24 Å². The molecule has 0 aromatic heterocycles. The van der Waals surface area contributed by atoms with Gasteiger partial charge in [-0.15, -0.1) is 0 Å². The van der Waals surface area contributed by atoms with E-state index in [9.17, 15) is 9.59 Å². The molecule has 1 aromatic carbocycles. The topological polar surface area (TPSA) is 43.4 Å². The highest BCUT2D eigenvalue weighted by Crippen LogP contribution is 2.12. The predicted molar refractivity (Wildman–Crippen MR) is 52.3 cm³/mol. The molecule has 0 unspecified atom stereocenters. The van der Waals surface area contributed by atoms with Gasteiger partial charge in [-0.1, -0.05) is 18.2 Å². The maximum atomic E-state index is 11.0. The van der Waals surface area contributed by atoms with Gasteiger partial charge in [-0.3, -0.25) is 9.59 Å². The lowest BCUT2D eigenvalue weighted by Gasteiger charge is -2.03. The molecule has 74 valence electrons. The van der Waals surface area contributed by atoms with Gasteiger partial charge in [0.1, 0.15) is 0 Å². The number of carbonyl (C=O) groups is 2. The molecule has 4 heteroatoms. The van der Waals surface area contributed by atoms with Gasteiger partial charge in [-0.2, -0.15) is 0 Å². The second-order valence-electron chi connectivity index (χ2n) is 2.68. The molecule has 0 aliphatic heterocycles. The Hall–Kier alpha value is -1.35. The number of hydrogen-bond donors (Lipinski definition) is 0. The molecular weight excluding hydrogens is 204 g/mol. The summed E-state index contributed by atoms with van der Waals surface area (Å²) in [6.45, 7) is 0. The van der Waals surface area contributed by atoms with Crippen LogP contribution in [0.1, 0.15) is 15.9 Å². The summed E-state index contributed by atoms with van der Waals surface area (Å²) in [5.74, 6) is -0.393. The van der Waals surface area contributed by atoms with Gasteiger partial charge in [0.05, 0.1) is 13.5 Å². The van der Waals surface area contributed by atoms with Crippen molar-refractivity contribution in [1.82, 2.24) is 0 Å². The number of hydrogen-bond acceptors (Lipinski definition) is 3. The standard InChI is InChI=1S/C10H9ClO3/c1-14-9(12)6-7-4-2-3-5-8(7)10(11)13/h2-5H,6H2,1H3. The van der Waals surface area contributed by atoms with Gasteiger partial charge in [0, 0.05) is 5.56 Å². The zero-order valence-electron chi connectivity index (χ0n) is 7.62. The predicted octanol–water partition coefficient (Wildman–Crippen LogP) is 1.78. The number of methoxy groups -OCH3 is 1. The molecular formula is C10H9ClO3. The van der Waals surface area contributed by atoms with E-state index < -0.39 is 11.2 Å². The Bertz CT molecular complexity index is 360. The molecule has 3 nitrogen and oxygen atoms in total. The van der Waals surface area contributed by atoms with Crippen LogP contribution in [0.2, 0.25) is 0 Å². The monoisotopic (exact) mass is 212 g/mol. The number of halogens is 1. The molecule has 0 saturated heterocycles. The number of carbonyl (C=O) groups excluding carboxylic acids is 2. The average molecular weight is 213 g/mol. The zero-order valence-corrected chi connectivity index (χ0v) is 8.38. The van der Waals surface area contributed by atoms with Crippen LogP contribution in [-0.2, 0) is 16.0 Å². The maximum absolute atomic E-state index is 11.0. The van der Waals surface area contributed by atoms with Crippen molar-refractivity contribution in [3.8, 4) is 0 Å². The van der Waals surface area contributed by atoms with Crippen LogP contribution in [0.3, 0.4) is 0 Å². The largest absolute Gasteiger partial charge is 0.469 e. The minimum atomic E-state index is -0.565. The second kappa shape index (κ2) is 4.77. The lowest BCUT2D eigenvalue weighted by molar-refractivity contribution is -0.139. The fraction of sp³-hybridized carbons (Fsp3) is 0.200. The first-order valence-corrected chi connectivity index (χ1v) is 4.37. The summed E-state index contributed by atoms with van der Waals surface area (Å²) in [5.41, 5.74) is 0.930. The van der Waals surface area contributed by atoms with Crippen LogP contribution >= 0.6 is 11.6 Å². The van der Waals surface area contributed by atoms with Gasteiger partial charge in [-0.25, -0.2) is 0 Å². The van der Waals surface area contributed by atoms with Crippen molar-refractivity contribution in [1.29, 1.82) is 0 Å². The van der Waals surface area contributed by atoms with Crippen LogP contribution in [0.5, 0.6) is 0 Å². The van der Waals surface area contributed by atoms with E-state index in [4.69, 9.17) is 11.6 Å². The van der Waals surface area contributed by atoms with Crippen LogP contribution < -0.4 is 0 Å². The third kappa shape index (κ3) is 2.57. The van der Waals surface area contributed by atoms with Crippen molar-refractivity contribution in [3.63, 3.8) is 0 Å². The van der Waals surface area contributed by atoms with Crippen LogP contribution in [-0.4, -0.2) is 18.3 Å². The third-order valence-corrected chi connectivity index (χ3v) is 2.00. The fourth-order valence-corrected chi connectivity index (χ4v) is 1.28. The summed E-state index contributed by atoms with van der Waals surface area (Å²) in [6.07, 6.45) is 0.0606. The van der Waals surface area contributed by atoms with Gasteiger partial charge >= 0.3 is 5.97 Å². The summed E-state index contributed by atoms with van der Waals surface area (Å²) >= 11 is 5.34. The molecule has 0 aliphatic carbocycles. The van der Waals surface area contributed by atoms with Crippen molar-refractivity contribution in [2.75, 3.05) is 7.11 Å². The number of esters is 1. The van der Waals surface area contributed by atoms with Crippen molar-refractivity contribution in [3.05, 3.63) is 35.4 Å². The molecule has 1 aromatic rings. The summed E-state index contributed by atoms with van der Waals surface area (Å²) in [5, 5.41) is -0.565. The minimum absolute atomic E-state index is 0.0606. The Morgan fingerprint density at radius 1 is 1.36 bits per heavy atom. The molecule has 0 radical (unpaired) electrons. The normalized spacial score (nSPS) is 9.57. The Kier molecular flexibility index (Phi) is 3.65. The van der Waals surface area contributed by atoms with Crippen molar-refractivity contribution in [2.45, 2.75) is 6.42 Å². The molecule has 1 rings (SSSR count). The molecule has 0 saturated carbocycles. The van der Waals surface area contributed by atoms with Gasteiger partial charge in [0.2, 0.25) is 0 Å². The molecule has 0 bridgehead atoms. The van der Waals surface area contributed by atoms with Crippen molar-refractivity contribution < 1.29 is 14.3 Å². The van der Waals surface area contributed by atoms with Gasteiger partial charge in [0.15, 0.2) is 0 Å². The average Bonchev–Trinajstić information content (AvgIpc) is 2.18. The highest BCUT2D eigenvalue weighted by Gasteiger charge is 2.11. The molecule has 0 fully saturated rings. The summed E-state index contributed by atoms with van der Waals surface area (Å²) in [6, 6.07) is 6.68. The summed E-state index contributed by atoms with van der Waals surface area (Å²) in [7, 11) is 1.30. The fourth-order valence-electron chi connectivity index (χ4n) is 1.09. The first-order chi connectivity index (χ1) is 6.65. The van der Waals surface area contributed by atoms with E-state index in [1.54, 1.807) is 24.3 Å². The Balaban J connectivity index is 2.95. The van der Waals surface area contributed by atoms with E-state index in [1.165, 1.54) is 7.11 Å². The molecule has 0 spiro atoms. The quantitative estimate of drug-likeness (QED) is 0.567. The second-order valence-corrected chi connectivity index (χ2v) is 3.03. The van der Waals surface area contributed by atoms with E-state index in [1.807, 2.05) is 0 Å². The number of rotatable bonds is 3. The maximum Gasteiger partial charge on any atom is 0.310 e. The third-order valence-electron chi connectivity index (χ3n) is 1.79. The molecule has 0 amide bonds. The van der Waals surface area contributed by atoms with Crippen LogP contribution in [0.25, 0.3) is 0 Å². The first-order valence-electron chi connectivity index (χ1n) is 3.99. The van der Waals surface area contributed by atoms with Crippen LogP contribution in [0.4, 0.5) is 0 Å². The first kappa shape index (κ1) is 10.7. The molecule has 0 heterocycles. The smallest absolute Gasteiger partial charge is 0.310 e. The minimum Gasteiger partial charge on any atom is -0.469 e. The van der Waals surface area contributed by atoms with Crippen molar-refractivity contribution >= 4 is 22.8 Å². The lowest BCUT2D eigenvalue weighted by atomic mass is 10.1. The zero-order chi connectivity index (χ0) is 10.6. The SMILES string of the molecule is COC(=O)Cc1ccccc1C(=O)Cl. The van der Waals surface area contributed by atoms with Crippen molar-refractivity contribution in [2.24, 2.45) is 0 Å². The van der Waals surface area contributed by atoms with E-state index >= 15 is 0 Å². The summed E-state index contributed by atoms with van der Waals surface area (Å²) in [4.78, 5) is 21.9. The molecule has 14 heavy (non-hydrogen) atoms. The van der Waals surface area contributed by atoms with Gasteiger partial charge < -0.3 is 4.74 Å². The molecule has 0 aliphatic rings. The van der Waals surface area contributed by atoms with Gasteiger partial charge in [-0.05, 0) is 23.2 Å². The van der Waals surface area contributed by atoms with E-state index in [2.05, 4.69) is 4.74 Å². The Morgan fingerprint density at radius 2 is 2.00 bits per heavy atom. The Morgan fingerprint density at radius 3 is 2.57 bits per heavy atom. The number of benzene rings is 1. The lowest BCUT2D eigenvalue weighted by Crippen LogP contribution is -2.07. The highest BCUT2D eigenvalue weighted by atomic mass is 35.5. The number of ether oxygens (including phenoxy) is 1. The van der Waals surface area contributed by atoms with E-state index in [-0.39, 0.29) is 6.42 Å². The highest BCUT2D eigenvalue weighted by molar-refractivity contribution is 6.67. The van der Waals surface area contributed by atoms with Crippen LogP contribution in [0.15, 0.2) is 24.3 Å². The molecule has 0 N–H and O–H groups in total. The van der Waals surface area contributed by atoms with E-state index in [0.29, 0.717) is 11.1 Å². The van der Waals surface area contributed by atoms with E-state index in [0.717, 1.165) is 0 Å².